The summed E-state index contributed by atoms with van der Waals surface area (Å²) in [7, 11) is 0. The molecule has 0 amide bonds. The number of aromatic amines is 1. The van der Waals surface area contributed by atoms with Crippen molar-refractivity contribution in [2.75, 3.05) is 0 Å². The molecular weight excluding hydrogens is 334 g/mol. The summed E-state index contributed by atoms with van der Waals surface area (Å²) >= 11 is 8.33. The number of halogens is 3. The molecule has 96 valence electrons. The molecule has 0 spiro atoms. The van der Waals surface area contributed by atoms with Crippen LogP contribution < -0.4 is 0 Å². The molecule has 6 heteroatoms. The molecule has 0 aliphatic rings. The number of imidazole rings is 1. The summed E-state index contributed by atoms with van der Waals surface area (Å²) in [5.41, 5.74) is 1.62. The van der Waals surface area contributed by atoms with Gasteiger partial charge in [0.1, 0.15) is 17.2 Å². The molecule has 0 fully saturated rings. The second-order valence-electron chi connectivity index (χ2n) is 4.00. The third kappa shape index (κ3) is 2.01. The lowest BCUT2D eigenvalue weighted by atomic mass is 10.2. The minimum atomic E-state index is -0.372. The van der Waals surface area contributed by atoms with Crippen LogP contribution >= 0.6 is 28.1 Å². The van der Waals surface area contributed by atoms with E-state index in [1.165, 1.54) is 12.1 Å². The van der Waals surface area contributed by atoms with Crippen molar-refractivity contribution in [3.63, 3.8) is 0 Å². The highest BCUT2D eigenvalue weighted by Gasteiger charge is 2.10. The first-order valence-electron chi connectivity index (χ1n) is 5.42. The van der Waals surface area contributed by atoms with Crippen molar-refractivity contribution in [2.45, 2.75) is 0 Å². The number of nitrogens with one attached hydrogen (secondary N) is 1. The Kier molecular flexibility index (Phi) is 2.99. The van der Waals surface area contributed by atoms with Crippen LogP contribution in [0.5, 0.6) is 0 Å². The molecule has 0 saturated heterocycles. The largest absolute Gasteiger partial charge is 0.328 e. The highest BCUT2D eigenvalue weighted by molar-refractivity contribution is 9.10. The van der Waals surface area contributed by atoms with Gasteiger partial charge in [0.05, 0.1) is 9.99 Å². The molecule has 2 nitrogen and oxygen atoms in total. The molecule has 0 bridgehead atoms. The maximum absolute atomic E-state index is 13.7. The lowest BCUT2D eigenvalue weighted by molar-refractivity contribution is 0.620. The van der Waals surface area contributed by atoms with Crippen molar-refractivity contribution in [3.05, 3.63) is 57.3 Å². The van der Waals surface area contributed by atoms with Gasteiger partial charge in [-0.2, -0.15) is 0 Å². The Morgan fingerprint density at radius 3 is 2.63 bits per heavy atom. The molecule has 1 N–H and O–H groups in total. The minimum absolute atomic E-state index is 0.331. The number of aromatic nitrogens is 2. The number of hydrogen-bond acceptors (Lipinski definition) is 1. The van der Waals surface area contributed by atoms with Crippen molar-refractivity contribution < 1.29 is 8.78 Å². The van der Waals surface area contributed by atoms with Gasteiger partial charge in [0.15, 0.2) is 4.77 Å². The van der Waals surface area contributed by atoms with Crippen LogP contribution in [-0.2, 0) is 0 Å². The molecule has 2 aromatic carbocycles. The predicted molar refractivity (Wildman–Crippen MR) is 76.1 cm³/mol. The van der Waals surface area contributed by atoms with E-state index in [1.807, 2.05) is 0 Å². The Morgan fingerprint density at radius 1 is 1.11 bits per heavy atom. The van der Waals surface area contributed by atoms with Crippen molar-refractivity contribution in [2.24, 2.45) is 0 Å². The maximum atomic E-state index is 13.7. The van der Waals surface area contributed by atoms with Crippen LogP contribution in [0.4, 0.5) is 8.78 Å². The van der Waals surface area contributed by atoms with Gasteiger partial charge in [-0.3, -0.25) is 4.57 Å². The third-order valence-electron chi connectivity index (χ3n) is 2.83. The van der Waals surface area contributed by atoms with Crippen LogP contribution in [0.2, 0.25) is 0 Å². The molecule has 1 heterocycles. The van der Waals surface area contributed by atoms with Crippen molar-refractivity contribution in [1.82, 2.24) is 9.55 Å². The van der Waals surface area contributed by atoms with Crippen LogP contribution in [0.25, 0.3) is 16.7 Å². The first-order chi connectivity index (χ1) is 9.08. The molecule has 0 saturated carbocycles. The lowest BCUT2D eigenvalue weighted by Gasteiger charge is -2.05. The second-order valence-corrected chi connectivity index (χ2v) is 5.24. The number of H-pyrrole nitrogens is 1. The van der Waals surface area contributed by atoms with Gasteiger partial charge in [-0.25, -0.2) is 8.78 Å². The highest BCUT2D eigenvalue weighted by atomic mass is 79.9. The van der Waals surface area contributed by atoms with Gasteiger partial charge in [0.25, 0.3) is 0 Å². The zero-order chi connectivity index (χ0) is 13.6. The average Bonchev–Trinajstić information content (AvgIpc) is 2.71. The fourth-order valence-corrected chi connectivity index (χ4v) is 2.65. The summed E-state index contributed by atoms with van der Waals surface area (Å²) < 4.78 is 29.3. The van der Waals surface area contributed by atoms with Crippen molar-refractivity contribution in [3.8, 4) is 5.69 Å². The number of nitrogens with zero attached hydrogens (tertiary/aromatic N) is 1. The molecule has 3 rings (SSSR count). The van der Waals surface area contributed by atoms with Crippen LogP contribution in [0, 0.1) is 16.4 Å². The van der Waals surface area contributed by atoms with Crippen LogP contribution in [0.1, 0.15) is 0 Å². The van der Waals surface area contributed by atoms with Gasteiger partial charge in [0, 0.05) is 5.69 Å². The molecule has 3 aromatic rings. The van der Waals surface area contributed by atoms with E-state index in [0.29, 0.717) is 26.0 Å². The fourth-order valence-electron chi connectivity index (χ4n) is 1.98. The quantitative estimate of drug-likeness (QED) is 0.635. The van der Waals surface area contributed by atoms with E-state index in [4.69, 9.17) is 12.2 Å². The Labute approximate surface area is 120 Å². The molecule has 19 heavy (non-hydrogen) atoms. The molecule has 0 atom stereocenters. The third-order valence-corrected chi connectivity index (χ3v) is 3.72. The van der Waals surface area contributed by atoms with Gasteiger partial charge in [-0.15, -0.1) is 0 Å². The van der Waals surface area contributed by atoms with Crippen molar-refractivity contribution >= 4 is 39.2 Å². The Morgan fingerprint density at radius 2 is 1.89 bits per heavy atom. The number of fused-ring (bicyclic) bond motifs is 1. The van der Waals surface area contributed by atoms with E-state index in [2.05, 4.69) is 20.9 Å². The Hall–Kier alpha value is -1.53. The number of benzene rings is 2. The van der Waals surface area contributed by atoms with Gasteiger partial charge in [-0.1, -0.05) is 6.07 Å². The first-order valence-corrected chi connectivity index (χ1v) is 6.63. The molecule has 0 radical (unpaired) electrons. The standard InChI is InChI=1S/C13H7BrF2N2S/c14-8-6-7(4-5-9(8)15)18-11-3-1-2-10(16)12(11)17-13(18)19/h1-6H,(H,17,19). The molecule has 1 aromatic heterocycles. The van der Waals surface area contributed by atoms with Crippen LogP contribution in [0.3, 0.4) is 0 Å². The molecule has 0 unspecified atom stereocenters. The summed E-state index contributed by atoms with van der Waals surface area (Å²) in [4.78, 5) is 2.82. The van der Waals surface area contributed by atoms with E-state index in [1.54, 1.807) is 28.8 Å². The van der Waals surface area contributed by atoms with Gasteiger partial charge in [0.2, 0.25) is 0 Å². The van der Waals surface area contributed by atoms with Gasteiger partial charge >= 0.3 is 0 Å². The predicted octanol–water partition coefficient (Wildman–Crippen LogP) is 4.73. The summed E-state index contributed by atoms with van der Waals surface area (Å²) in [6.07, 6.45) is 0. The smallest absolute Gasteiger partial charge is 0.182 e. The van der Waals surface area contributed by atoms with Gasteiger partial charge in [-0.05, 0) is 58.5 Å². The van der Waals surface area contributed by atoms with Crippen molar-refractivity contribution in [1.29, 1.82) is 0 Å². The average molecular weight is 341 g/mol. The van der Waals surface area contributed by atoms with E-state index >= 15 is 0 Å². The monoisotopic (exact) mass is 340 g/mol. The molecular formula is C13H7BrF2N2S. The van der Waals surface area contributed by atoms with E-state index < -0.39 is 0 Å². The maximum Gasteiger partial charge on any atom is 0.182 e. The first kappa shape index (κ1) is 12.5. The topological polar surface area (TPSA) is 20.7 Å². The lowest BCUT2D eigenvalue weighted by Crippen LogP contribution is -1.94. The zero-order valence-corrected chi connectivity index (χ0v) is 11.9. The normalized spacial score (nSPS) is 11.1. The molecule has 0 aliphatic carbocycles. The number of hydrogen-bond donors (Lipinski definition) is 1. The SMILES string of the molecule is Fc1ccc(-n2c(=S)[nH]c3c(F)cccc32)cc1Br. The summed E-state index contributed by atoms with van der Waals surface area (Å²) in [6, 6.07) is 9.24. The van der Waals surface area contributed by atoms with E-state index in [9.17, 15) is 8.78 Å². The van der Waals surface area contributed by atoms with Gasteiger partial charge < -0.3 is 4.98 Å². The van der Waals surface area contributed by atoms with Crippen LogP contribution in [0.15, 0.2) is 40.9 Å². The summed E-state index contributed by atoms with van der Waals surface area (Å²) in [5, 5.41) is 0. The Balaban J connectivity index is 2.36. The zero-order valence-electron chi connectivity index (χ0n) is 9.45. The van der Waals surface area contributed by atoms with E-state index in [0.717, 1.165) is 0 Å². The minimum Gasteiger partial charge on any atom is -0.328 e. The highest BCUT2D eigenvalue weighted by Crippen LogP contribution is 2.24. The van der Waals surface area contributed by atoms with E-state index in [-0.39, 0.29) is 11.6 Å². The summed E-state index contributed by atoms with van der Waals surface area (Å²) in [6.45, 7) is 0. The second kappa shape index (κ2) is 4.54. The Bertz CT molecular complexity index is 838. The fraction of sp³-hybridized carbons (Fsp3) is 0. The van der Waals surface area contributed by atoms with Crippen LogP contribution in [-0.4, -0.2) is 9.55 Å². The number of rotatable bonds is 1. The molecule has 0 aliphatic heterocycles. The summed E-state index contributed by atoms with van der Waals surface area (Å²) in [5.74, 6) is -0.732. The number of para-hydroxylation sites is 1.